The van der Waals surface area contributed by atoms with E-state index in [-0.39, 0.29) is 17.7 Å². The van der Waals surface area contributed by atoms with E-state index in [0.717, 1.165) is 6.07 Å². The molecule has 0 aliphatic carbocycles. The van der Waals surface area contributed by atoms with E-state index in [9.17, 15) is 9.18 Å². The van der Waals surface area contributed by atoms with Crippen LogP contribution in [0, 0.1) is 5.82 Å². The Morgan fingerprint density at radius 1 is 1.60 bits per heavy atom. The van der Waals surface area contributed by atoms with E-state index in [1.54, 1.807) is 0 Å². The lowest BCUT2D eigenvalue weighted by atomic mass is 10.1. The summed E-state index contributed by atoms with van der Waals surface area (Å²) in [5.41, 5.74) is 0.196. The average Bonchev–Trinajstić information content (AvgIpc) is 2.16. The highest BCUT2D eigenvalue weighted by atomic mass is 19.1. The molecular weight excluding hydrogens is 203 g/mol. The second kappa shape index (κ2) is 4.75. The Labute approximate surface area is 85.9 Å². The summed E-state index contributed by atoms with van der Waals surface area (Å²) < 4.78 is 17.9. The Hall–Kier alpha value is -1.62. The van der Waals surface area contributed by atoms with Gasteiger partial charge in [0.05, 0.1) is 0 Å². The Balaban J connectivity index is 2.84. The molecule has 15 heavy (non-hydrogen) atoms. The van der Waals surface area contributed by atoms with Crippen molar-refractivity contribution in [1.29, 1.82) is 0 Å². The number of hydrogen-bond donors (Lipinski definition) is 2. The molecular formula is C10H11FO4. The minimum Gasteiger partial charge on any atom is -0.508 e. The van der Waals surface area contributed by atoms with Gasteiger partial charge in [0.1, 0.15) is 11.6 Å². The minimum absolute atomic E-state index is 0.0715. The number of ether oxygens (including phenoxy) is 1. The molecule has 2 N–H and O–H groups in total. The molecule has 1 aromatic carbocycles. The third-order valence-corrected chi connectivity index (χ3v) is 2.00. The van der Waals surface area contributed by atoms with Gasteiger partial charge < -0.3 is 14.9 Å². The van der Waals surface area contributed by atoms with Gasteiger partial charge in [0.15, 0.2) is 6.10 Å². The zero-order valence-electron chi connectivity index (χ0n) is 8.11. The zero-order valence-corrected chi connectivity index (χ0v) is 8.11. The molecule has 1 aromatic rings. The summed E-state index contributed by atoms with van der Waals surface area (Å²) in [5.74, 6) is -1.98. The number of carbonyl (C=O) groups is 1. The van der Waals surface area contributed by atoms with Gasteiger partial charge in [-0.2, -0.15) is 0 Å². The van der Waals surface area contributed by atoms with Crippen molar-refractivity contribution >= 4 is 5.97 Å². The molecule has 0 aromatic heterocycles. The van der Waals surface area contributed by atoms with Crippen LogP contribution in [0.4, 0.5) is 4.39 Å². The van der Waals surface area contributed by atoms with Crippen molar-refractivity contribution in [3.8, 4) is 5.75 Å². The number of halogens is 1. The van der Waals surface area contributed by atoms with Crippen molar-refractivity contribution < 1.29 is 24.1 Å². The number of rotatable bonds is 4. The molecule has 0 aliphatic heterocycles. The largest absolute Gasteiger partial charge is 0.508 e. The lowest BCUT2D eigenvalue weighted by Crippen LogP contribution is -2.25. The first kappa shape index (κ1) is 11.5. The van der Waals surface area contributed by atoms with Crippen LogP contribution in [0.15, 0.2) is 18.2 Å². The van der Waals surface area contributed by atoms with Crippen LogP contribution in [-0.2, 0) is 16.0 Å². The quantitative estimate of drug-likeness (QED) is 0.789. The van der Waals surface area contributed by atoms with E-state index in [1.165, 1.54) is 19.2 Å². The summed E-state index contributed by atoms with van der Waals surface area (Å²) in [6, 6.07) is 3.57. The van der Waals surface area contributed by atoms with E-state index in [0.29, 0.717) is 0 Å². The molecule has 1 unspecified atom stereocenters. The number of phenols is 1. The molecule has 4 nitrogen and oxygen atoms in total. The van der Waals surface area contributed by atoms with E-state index in [4.69, 9.17) is 10.2 Å². The number of aromatic hydroxyl groups is 1. The van der Waals surface area contributed by atoms with Crippen LogP contribution >= 0.6 is 0 Å². The number of hydrogen-bond acceptors (Lipinski definition) is 3. The van der Waals surface area contributed by atoms with E-state index >= 15 is 0 Å². The molecule has 0 fully saturated rings. The molecule has 0 aliphatic rings. The average molecular weight is 214 g/mol. The zero-order chi connectivity index (χ0) is 11.4. The topological polar surface area (TPSA) is 66.8 Å². The van der Waals surface area contributed by atoms with Crippen LogP contribution in [0.25, 0.3) is 0 Å². The molecule has 0 saturated heterocycles. The van der Waals surface area contributed by atoms with Crippen LogP contribution in [0.3, 0.4) is 0 Å². The molecule has 0 heterocycles. The van der Waals surface area contributed by atoms with E-state index in [2.05, 4.69) is 4.74 Å². The van der Waals surface area contributed by atoms with Crippen molar-refractivity contribution in [1.82, 2.24) is 0 Å². The highest BCUT2D eigenvalue weighted by Crippen LogP contribution is 2.17. The summed E-state index contributed by atoms with van der Waals surface area (Å²) in [4.78, 5) is 10.6. The van der Waals surface area contributed by atoms with E-state index in [1.807, 2.05) is 0 Å². The normalized spacial score (nSPS) is 12.4. The van der Waals surface area contributed by atoms with Gasteiger partial charge in [-0.1, -0.05) is 6.07 Å². The van der Waals surface area contributed by atoms with Gasteiger partial charge >= 0.3 is 5.97 Å². The summed E-state index contributed by atoms with van der Waals surface area (Å²) >= 11 is 0. The van der Waals surface area contributed by atoms with Gasteiger partial charge in [0, 0.05) is 19.6 Å². The maximum atomic E-state index is 13.2. The maximum Gasteiger partial charge on any atom is 0.333 e. The minimum atomic E-state index is -1.15. The predicted molar refractivity (Wildman–Crippen MR) is 50.2 cm³/mol. The Morgan fingerprint density at radius 3 is 2.73 bits per heavy atom. The highest BCUT2D eigenvalue weighted by Gasteiger charge is 2.18. The van der Waals surface area contributed by atoms with Crippen LogP contribution < -0.4 is 0 Å². The van der Waals surface area contributed by atoms with Crippen molar-refractivity contribution in [2.24, 2.45) is 0 Å². The van der Waals surface area contributed by atoms with Crippen LogP contribution in [0.1, 0.15) is 5.56 Å². The number of carboxylic acid groups (broad SMARTS) is 1. The molecule has 0 radical (unpaired) electrons. The fourth-order valence-corrected chi connectivity index (χ4v) is 1.17. The molecule has 5 heteroatoms. The van der Waals surface area contributed by atoms with Gasteiger partial charge in [0.25, 0.3) is 0 Å². The van der Waals surface area contributed by atoms with E-state index < -0.39 is 17.9 Å². The van der Waals surface area contributed by atoms with Crippen molar-refractivity contribution in [2.75, 3.05) is 7.11 Å². The molecule has 1 rings (SSSR count). The standard InChI is InChI=1S/C10H11FO4/c1-15-9(10(13)14)4-6-2-3-7(12)5-8(6)11/h2-3,5,9,12H,4H2,1H3,(H,13,14). The molecule has 0 amide bonds. The number of aliphatic carboxylic acids is 1. The Kier molecular flexibility index (Phi) is 3.62. The van der Waals surface area contributed by atoms with Crippen molar-refractivity contribution in [3.05, 3.63) is 29.6 Å². The number of methoxy groups -OCH3 is 1. The smallest absolute Gasteiger partial charge is 0.333 e. The molecule has 0 bridgehead atoms. The van der Waals surface area contributed by atoms with Gasteiger partial charge in [-0.3, -0.25) is 0 Å². The van der Waals surface area contributed by atoms with Crippen molar-refractivity contribution in [3.63, 3.8) is 0 Å². The summed E-state index contributed by atoms with van der Waals surface area (Å²) in [5, 5.41) is 17.6. The maximum absolute atomic E-state index is 13.2. The third-order valence-electron chi connectivity index (χ3n) is 2.00. The Morgan fingerprint density at radius 2 is 2.27 bits per heavy atom. The number of benzene rings is 1. The third kappa shape index (κ3) is 2.92. The molecule has 1 atom stereocenters. The highest BCUT2D eigenvalue weighted by molar-refractivity contribution is 5.72. The van der Waals surface area contributed by atoms with Gasteiger partial charge in [0.2, 0.25) is 0 Å². The van der Waals surface area contributed by atoms with Crippen molar-refractivity contribution in [2.45, 2.75) is 12.5 Å². The van der Waals surface area contributed by atoms with Gasteiger partial charge in [-0.25, -0.2) is 9.18 Å². The first-order valence-electron chi connectivity index (χ1n) is 4.27. The first-order valence-corrected chi connectivity index (χ1v) is 4.27. The monoisotopic (exact) mass is 214 g/mol. The lowest BCUT2D eigenvalue weighted by molar-refractivity contribution is -0.148. The fraction of sp³-hybridized carbons (Fsp3) is 0.300. The Bertz CT molecular complexity index is 364. The van der Waals surface area contributed by atoms with Crippen LogP contribution in [0.5, 0.6) is 5.75 Å². The second-order valence-corrected chi connectivity index (χ2v) is 3.04. The summed E-state index contributed by atoms with van der Waals surface area (Å²) in [6.07, 6.45) is -1.15. The number of carboxylic acids is 1. The molecule has 0 saturated carbocycles. The van der Waals surface area contributed by atoms with Crippen LogP contribution in [0.2, 0.25) is 0 Å². The molecule has 0 spiro atoms. The fourth-order valence-electron chi connectivity index (χ4n) is 1.17. The van der Waals surface area contributed by atoms with Gasteiger partial charge in [-0.15, -0.1) is 0 Å². The molecule has 82 valence electrons. The van der Waals surface area contributed by atoms with Gasteiger partial charge in [-0.05, 0) is 11.6 Å². The summed E-state index contributed by atoms with van der Waals surface area (Å²) in [7, 11) is 1.25. The summed E-state index contributed by atoms with van der Waals surface area (Å²) in [6.45, 7) is 0. The predicted octanol–water partition coefficient (Wildman–Crippen LogP) is 1.17. The first-order chi connectivity index (χ1) is 7.04. The number of phenolic OH excluding ortho intramolecular Hbond substituents is 1. The second-order valence-electron chi connectivity index (χ2n) is 3.04. The van der Waals surface area contributed by atoms with Crippen LogP contribution in [-0.4, -0.2) is 29.4 Å². The SMILES string of the molecule is COC(Cc1ccc(O)cc1F)C(=O)O. The lowest BCUT2D eigenvalue weighted by Gasteiger charge is -2.10.